The number of rotatable bonds is 6. The number of piperidine rings is 1. The fourth-order valence-electron chi connectivity index (χ4n) is 4.15. The zero-order valence-corrected chi connectivity index (χ0v) is 15.9. The highest BCUT2D eigenvalue weighted by Crippen LogP contribution is 2.40. The van der Waals surface area contributed by atoms with Crippen molar-refractivity contribution in [2.75, 3.05) is 31.6 Å². The lowest BCUT2D eigenvalue weighted by Crippen LogP contribution is -2.38. The number of hydrogen-bond donors (Lipinski definition) is 2. The minimum absolute atomic E-state index is 0.473. The molecule has 0 amide bonds. The summed E-state index contributed by atoms with van der Waals surface area (Å²) in [5.41, 5.74) is 4.91. The minimum atomic E-state index is 0.473. The van der Waals surface area contributed by atoms with Crippen LogP contribution in [0.1, 0.15) is 44.4 Å². The van der Waals surface area contributed by atoms with Gasteiger partial charge in [0.2, 0.25) is 0 Å². The topological polar surface area (TPSA) is 55.4 Å². The molecule has 1 fully saturated rings. The van der Waals surface area contributed by atoms with Gasteiger partial charge in [-0.15, -0.1) is 0 Å². The van der Waals surface area contributed by atoms with E-state index in [1.165, 1.54) is 36.2 Å². The number of pyridine rings is 1. The summed E-state index contributed by atoms with van der Waals surface area (Å²) in [6.45, 7) is 7.40. The van der Waals surface area contributed by atoms with Gasteiger partial charge in [-0.3, -0.25) is 4.98 Å². The standard InChI is InChI=1S/C21H29N3O2/c1-3-25-19-11-16-18(12-20(19)26-4-2)24-17-9-5-8-15(17)21(16)23-14-7-6-10-22-13-14/h11-12,14,22H,3-10,13H2,1-2H3,(H,23,24)/t14-/m1/s1. The van der Waals surface area contributed by atoms with E-state index >= 15 is 0 Å². The largest absolute Gasteiger partial charge is 0.490 e. The maximum Gasteiger partial charge on any atom is 0.163 e. The lowest BCUT2D eigenvalue weighted by molar-refractivity contribution is 0.288. The average molecular weight is 355 g/mol. The van der Waals surface area contributed by atoms with Crippen molar-refractivity contribution in [3.8, 4) is 11.5 Å². The van der Waals surface area contributed by atoms with Gasteiger partial charge in [0, 0.05) is 35.4 Å². The summed E-state index contributed by atoms with van der Waals surface area (Å²) in [6, 6.07) is 4.64. The number of benzene rings is 1. The quantitative estimate of drug-likeness (QED) is 0.828. The van der Waals surface area contributed by atoms with Crippen LogP contribution in [0.5, 0.6) is 11.5 Å². The Hall–Kier alpha value is -2.01. The Kier molecular flexibility index (Phi) is 5.16. The smallest absolute Gasteiger partial charge is 0.163 e. The first-order valence-corrected chi connectivity index (χ1v) is 10.0. The van der Waals surface area contributed by atoms with Crippen molar-refractivity contribution >= 4 is 16.6 Å². The summed E-state index contributed by atoms with van der Waals surface area (Å²) < 4.78 is 11.7. The van der Waals surface area contributed by atoms with Crippen molar-refractivity contribution in [1.82, 2.24) is 10.3 Å². The predicted molar refractivity (Wildman–Crippen MR) is 106 cm³/mol. The van der Waals surface area contributed by atoms with E-state index in [0.29, 0.717) is 19.3 Å². The van der Waals surface area contributed by atoms with E-state index in [9.17, 15) is 0 Å². The van der Waals surface area contributed by atoms with Crippen molar-refractivity contribution in [2.45, 2.75) is 52.0 Å². The average Bonchev–Trinajstić information content (AvgIpc) is 3.12. The molecule has 5 heteroatoms. The van der Waals surface area contributed by atoms with Crippen LogP contribution < -0.4 is 20.1 Å². The van der Waals surface area contributed by atoms with Gasteiger partial charge in [0.25, 0.3) is 0 Å². The molecule has 1 atom stereocenters. The zero-order chi connectivity index (χ0) is 17.9. The molecule has 4 rings (SSSR count). The Labute approximate surface area is 155 Å². The highest BCUT2D eigenvalue weighted by molar-refractivity contribution is 5.96. The van der Waals surface area contributed by atoms with Crippen molar-refractivity contribution in [3.05, 3.63) is 23.4 Å². The van der Waals surface area contributed by atoms with Crippen LogP contribution in [0.25, 0.3) is 10.9 Å². The van der Waals surface area contributed by atoms with E-state index in [2.05, 4.69) is 16.7 Å². The number of aromatic nitrogens is 1. The number of ether oxygens (including phenoxy) is 2. The fourth-order valence-corrected chi connectivity index (χ4v) is 4.15. The van der Waals surface area contributed by atoms with E-state index in [-0.39, 0.29) is 0 Å². The van der Waals surface area contributed by atoms with Crippen molar-refractivity contribution in [2.24, 2.45) is 0 Å². The van der Waals surface area contributed by atoms with E-state index in [1.54, 1.807) is 0 Å². The number of nitrogens with one attached hydrogen (secondary N) is 2. The summed E-state index contributed by atoms with van der Waals surface area (Å²) in [6.07, 6.45) is 5.80. The molecule has 0 spiro atoms. The molecule has 1 aliphatic heterocycles. The van der Waals surface area contributed by atoms with Crippen LogP contribution in [0.15, 0.2) is 12.1 Å². The van der Waals surface area contributed by atoms with Crippen LogP contribution in [-0.4, -0.2) is 37.3 Å². The lowest BCUT2D eigenvalue weighted by atomic mass is 10.0. The van der Waals surface area contributed by atoms with Crippen LogP contribution in [-0.2, 0) is 12.8 Å². The zero-order valence-electron chi connectivity index (χ0n) is 15.9. The number of nitrogens with zero attached hydrogens (tertiary/aromatic N) is 1. The van der Waals surface area contributed by atoms with Crippen molar-refractivity contribution < 1.29 is 9.47 Å². The van der Waals surface area contributed by atoms with Gasteiger partial charge in [-0.1, -0.05) is 0 Å². The van der Waals surface area contributed by atoms with E-state index in [4.69, 9.17) is 14.5 Å². The van der Waals surface area contributed by atoms with Crippen LogP contribution in [0.2, 0.25) is 0 Å². The van der Waals surface area contributed by atoms with Gasteiger partial charge in [-0.25, -0.2) is 0 Å². The molecule has 0 bridgehead atoms. The fraction of sp³-hybridized carbons (Fsp3) is 0.571. The summed E-state index contributed by atoms with van der Waals surface area (Å²) in [5, 5.41) is 8.51. The highest BCUT2D eigenvalue weighted by atomic mass is 16.5. The molecule has 1 aromatic carbocycles. The third-order valence-electron chi connectivity index (χ3n) is 5.32. The SMILES string of the molecule is CCOc1cc2nc3c(c(N[C@@H]4CCCNC4)c2cc1OCC)CCC3. The van der Waals surface area contributed by atoms with Crippen LogP contribution in [0.3, 0.4) is 0 Å². The molecule has 0 unspecified atom stereocenters. The number of aryl methyl sites for hydroxylation is 1. The Bertz CT molecular complexity index is 785. The molecule has 2 heterocycles. The molecule has 1 aliphatic carbocycles. The monoisotopic (exact) mass is 355 g/mol. The lowest BCUT2D eigenvalue weighted by Gasteiger charge is -2.27. The summed E-state index contributed by atoms with van der Waals surface area (Å²) in [4.78, 5) is 4.96. The van der Waals surface area contributed by atoms with Gasteiger partial charge in [0.1, 0.15) is 0 Å². The Balaban J connectivity index is 1.82. The predicted octanol–water partition coefficient (Wildman–Crippen LogP) is 3.68. The van der Waals surface area contributed by atoms with Gasteiger partial charge < -0.3 is 20.1 Å². The number of anilines is 1. The molecular weight excluding hydrogens is 326 g/mol. The third-order valence-corrected chi connectivity index (χ3v) is 5.32. The van der Waals surface area contributed by atoms with Gasteiger partial charge in [0.05, 0.1) is 18.7 Å². The highest BCUT2D eigenvalue weighted by Gasteiger charge is 2.23. The maximum atomic E-state index is 5.87. The van der Waals surface area contributed by atoms with Crippen LogP contribution in [0.4, 0.5) is 5.69 Å². The minimum Gasteiger partial charge on any atom is -0.490 e. The van der Waals surface area contributed by atoms with E-state index in [1.807, 2.05) is 19.9 Å². The summed E-state index contributed by atoms with van der Waals surface area (Å²) in [7, 11) is 0. The third kappa shape index (κ3) is 3.32. The van der Waals surface area contributed by atoms with Crippen molar-refractivity contribution in [3.63, 3.8) is 0 Å². The molecule has 140 valence electrons. The molecular formula is C21H29N3O2. The second-order valence-corrected chi connectivity index (χ2v) is 7.14. The molecule has 1 aromatic heterocycles. The Morgan fingerprint density at radius 3 is 2.65 bits per heavy atom. The molecule has 5 nitrogen and oxygen atoms in total. The number of hydrogen-bond acceptors (Lipinski definition) is 5. The normalized spacial score (nSPS) is 19.4. The molecule has 2 N–H and O–H groups in total. The first kappa shape index (κ1) is 17.4. The van der Waals surface area contributed by atoms with Crippen LogP contribution in [0, 0.1) is 0 Å². The van der Waals surface area contributed by atoms with E-state index in [0.717, 1.165) is 48.3 Å². The van der Waals surface area contributed by atoms with Crippen LogP contribution >= 0.6 is 0 Å². The maximum absolute atomic E-state index is 5.87. The van der Waals surface area contributed by atoms with Crippen molar-refractivity contribution in [1.29, 1.82) is 0 Å². The summed E-state index contributed by atoms with van der Waals surface area (Å²) >= 11 is 0. The molecule has 2 aromatic rings. The summed E-state index contributed by atoms with van der Waals surface area (Å²) in [5.74, 6) is 1.60. The van der Waals surface area contributed by atoms with Gasteiger partial charge in [0.15, 0.2) is 11.5 Å². The molecule has 0 saturated carbocycles. The first-order chi connectivity index (χ1) is 12.8. The molecule has 1 saturated heterocycles. The Morgan fingerprint density at radius 2 is 1.92 bits per heavy atom. The first-order valence-electron chi connectivity index (χ1n) is 10.0. The molecule has 26 heavy (non-hydrogen) atoms. The van der Waals surface area contributed by atoms with E-state index < -0.39 is 0 Å². The molecule has 2 aliphatic rings. The second-order valence-electron chi connectivity index (χ2n) is 7.14. The van der Waals surface area contributed by atoms with Gasteiger partial charge in [-0.05, 0) is 64.1 Å². The molecule has 0 radical (unpaired) electrons. The second kappa shape index (κ2) is 7.70. The Morgan fingerprint density at radius 1 is 1.12 bits per heavy atom. The van der Waals surface area contributed by atoms with Gasteiger partial charge >= 0.3 is 0 Å². The number of fused-ring (bicyclic) bond motifs is 2. The van der Waals surface area contributed by atoms with Gasteiger partial charge in [-0.2, -0.15) is 0 Å².